The van der Waals surface area contributed by atoms with E-state index in [1.54, 1.807) is 12.4 Å². The first-order chi connectivity index (χ1) is 17.9. The number of hydrogen-bond donors (Lipinski definition) is 2. The van der Waals surface area contributed by atoms with Gasteiger partial charge in [-0.25, -0.2) is 13.8 Å². The zero-order valence-electron chi connectivity index (χ0n) is 20.8. The third kappa shape index (κ3) is 5.51. The van der Waals surface area contributed by atoms with Crippen molar-refractivity contribution in [2.24, 2.45) is 0 Å². The molecule has 3 aliphatic heterocycles. The minimum Gasteiger partial charge on any atom is -0.379 e. The quantitative estimate of drug-likeness (QED) is 0.617. The largest absolute Gasteiger partial charge is 0.379 e. The van der Waals surface area contributed by atoms with Crippen LogP contribution < -0.4 is 15.5 Å². The van der Waals surface area contributed by atoms with Crippen LogP contribution in [0.4, 0.5) is 14.6 Å². The van der Waals surface area contributed by atoms with Crippen molar-refractivity contribution >= 4 is 17.3 Å². The predicted molar refractivity (Wildman–Crippen MR) is 136 cm³/mol. The molecule has 2 aromatic rings. The van der Waals surface area contributed by atoms with Crippen molar-refractivity contribution in [2.45, 2.75) is 19.0 Å². The maximum Gasteiger partial charge on any atom is 0.263 e. The summed E-state index contributed by atoms with van der Waals surface area (Å²) in [6.45, 7) is 7.74. The monoisotopic (exact) mass is 511 g/mol. The standard InChI is InChI=1S/C27H31F2N5O3/c1-27(34-9-13-37-14-10-34)23(19-5-6-30-24(16-19)33-7-11-36-12-8-33)17-22(18-31-27)32-26(35)21-4-2-3-20(15-21)25(28)29/h2-6,15-18,25,31H,7-14H2,1H3,(H,32,35). The minimum atomic E-state index is -2.64. The van der Waals surface area contributed by atoms with E-state index < -0.39 is 18.0 Å². The highest BCUT2D eigenvalue weighted by Crippen LogP contribution is 2.35. The molecule has 2 fully saturated rings. The summed E-state index contributed by atoms with van der Waals surface area (Å²) in [4.78, 5) is 22.1. The van der Waals surface area contributed by atoms with Gasteiger partial charge in [0.2, 0.25) is 0 Å². The molecule has 3 aliphatic rings. The van der Waals surface area contributed by atoms with Crippen molar-refractivity contribution < 1.29 is 23.0 Å². The molecular weight excluding hydrogens is 480 g/mol. The highest BCUT2D eigenvalue weighted by Gasteiger charge is 2.39. The predicted octanol–water partition coefficient (Wildman–Crippen LogP) is 3.16. The zero-order chi connectivity index (χ0) is 25.8. The lowest BCUT2D eigenvalue weighted by atomic mass is 9.89. The summed E-state index contributed by atoms with van der Waals surface area (Å²) < 4.78 is 37.4. The lowest BCUT2D eigenvalue weighted by Crippen LogP contribution is -2.60. The van der Waals surface area contributed by atoms with Gasteiger partial charge < -0.3 is 25.0 Å². The lowest BCUT2D eigenvalue weighted by Gasteiger charge is -2.46. The summed E-state index contributed by atoms with van der Waals surface area (Å²) in [5.41, 5.74) is 1.90. The van der Waals surface area contributed by atoms with E-state index >= 15 is 0 Å². The van der Waals surface area contributed by atoms with Crippen molar-refractivity contribution in [1.82, 2.24) is 20.5 Å². The van der Waals surface area contributed by atoms with Gasteiger partial charge in [-0.1, -0.05) is 12.1 Å². The molecular formula is C27H31F2N5O3. The molecule has 1 unspecified atom stereocenters. The molecule has 5 rings (SSSR count). The number of anilines is 1. The number of allylic oxidation sites excluding steroid dienone is 1. The van der Waals surface area contributed by atoms with E-state index in [0.29, 0.717) is 32.1 Å². The van der Waals surface area contributed by atoms with Gasteiger partial charge in [0, 0.05) is 55.3 Å². The molecule has 10 heteroatoms. The van der Waals surface area contributed by atoms with E-state index in [4.69, 9.17) is 9.47 Å². The number of rotatable bonds is 6. The molecule has 0 radical (unpaired) electrons. The Balaban J connectivity index is 1.46. The first kappa shape index (κ1) is 25.3. The molecule has 1 atom stereocenters. The third-order valence-corrected chi connectivity index (χ3v) is 7.03. The molecule has 2 N–H and O–H groups in total. The Morgan fingerprint density at radius 3 is 2.54 bits per heavy atom. The van der Waals surface area contributed by atoms with E-state index in [2.05, 4.69) is 38.4 Å². The van der Waals surface area contributed by atoms with Gasteiger partial charge >= 0.3 is 0 Å². The summed E-state index contributed by atoms with van der Waals surface area (Å²) in [6.07, 6.45) is 2.86. The molecule has 8 nitrogen and oxygen atoms in total. The van der Waals surface area contributed by atoms with Gasteiger partial charge in [-0.2, -0.15) is 0 Å². The molecule has 196 valence electrons. The van der Waals surface area contributed by atoms with Crippen LogP contribution in [0.1, 0.15) is 34.8 Å². The van der Waals surface area contributed by atoms with E-state index in [0.717, 1.165) is 43.1 Å². The second-order valence-electron chi connectivity index (χ2n) is 9.36. The Morgan fingerprint density at radius 1 is 1.08 bits per heavy atom. The number of carbonyl (C=O) groups excluding carboxylic acids is 1. The fourth-order valence-electron chi connectivity index (χ4n) is 4.91. The molecule has 0 bridgehead atoms. The number of alkyl halides is 2. The van der Waals surface area contributed by atoms with Crippen LogP contribution in [0.5, 0.6) is 0 Å². The number of morpholine rings is 2. The van der Waals surface area contributed by atoms with Crippen LogP contribution in [-0.4, -0.2) is 74.1 Å². The Morgan fingerprint density at radius 2 is 1.81 bits per heavy atom. The Labute approximate surface area is 214 Å². The number of hydrogen-bond acceptors (Lipinski definition) is 7. The maximum absolute atomic E-state index is 13.1. The van der Waals surface area contributed by atoms with Crippen molar-refractivity contribution in [2.75, 3.05) is 57.5 Å². The highest BCUT2D eigenvalue weighted by molar-refractivity contribution is 5.96. The third-order valence-electron chi connectivity index (χ3n) is 7.03. The fraction of sp³-hybridized carbons (Fsp3) is 0.407. The topological polar surface area (TPSA) is 79.0 Å². The lowest BCUT2D eigenvalue weighted by molar-refractivity contribution is -0.00395. The van der Waals surface area contributed by atoms with Crippen LogP contribution >= 0.6 is 0 Å². The number of dihydropyridines is 1. The molecule has 0 aliphatic carbocycles. The highest BCUT2D eigenvalue weighted by atomic mass is 19.3. The molecule has 4 heterocycles. The SMILES string of the molecule is CC1(N2CCOCC2)NC=C(NC(=O)c2cccc(C(F)F)c2)C=C1c1ccnc(N2CCOCC2)c1. The Bertz CT molecular complexity index is 1190. The van der Waals surface area contributed by atoms with Crippen LogP contribution in [0.2, 0.25) is 0 Å². The first-order valence-electron chi connectivity index (χ1n) is 12.5. The molecule has 0 saturated carbocycles. The van der Waals surface area contributed by atoms with Crippen LogP contribution in [0.15, 0.2) is 60.6 Å². The van der Waals surface area contributed by atoms with E-state index in [9.17, 15) is 13.6 Å². The van der Waals surface area contributed by atoms with E-state index in [1.165, 1.54) is 24.3 Å². The smallest absolute Gasteiger partial charge is 0.263 e. The Hall–Kier alpha value is -3.34. The van der Waals surface area contributed by atoms with Crippen molar-refractivity contribution in [3.8, 4) is 0 Å². The number of halogens is 2. The summed E-state index contributed by atoms with van der Waals surface area (Å²) in [6, 6.07) is 9.55. The number of aromatic nitrogens is 1. The number of pyridine rings is 1. The van der Waals surface area contributed by atoms with Crippen LogP contribution in [0.25, 0.3) is 5.57 Å². The van der Waals surface area contributed by atoms with Gasteiger partial charge in [-0.05, 0) is 42.8 Å². The van der Waals surface area contributed by atoms with Gasteiger partial charge in [-0.3, -0.25) is 9.69 Å². The first-order valence-corrected chi connectivity index (χ1v) is 12.5. The van der Waals surface area contributed by atoms with Gasteiger partial charge in [0.1, 0.15) is 11.5 Å². The van der Waals surface area contributed by atoms with Crippen molar-refractivity contribution in [3.63, 3.8) is 0 Å². The van der Waals surface area contributed by atoms with Crippen LogP contribution in [0.3, 0.4) is 0 Å². The second kappa shape index (κ2) is 11.0. The Kier molecular flexibility index (Phi) is 7.50. The van der Waals surface area contributed by atoms with Gasteiger partial charge in [0.15, 0.2) is 0 Å². The molecule has 37 heavy (non-hydrogen) atoms. The number of ether oxygens (including phenoxy) is 2. The summed E-state index contributed by atoms with van der Waals surface area (Å²) in [5, 5.41) is 6.37. The zero-order valence-corrected chi connectivity index (χ0v) is 20.8. The van der Waals surface area contributed by atoms with Gasteiger partial charge in [0.25, 0.3) is 12.3 Å². The van der Waals surface area contributed by atoms with Crippen LogP contribution in [-0.2, 0) is 9.47 Å². The number of benzene rings is 1. The average molecular weight is 512 g/mol. The normalized spacial score (nSPS) is 22.8. The minimum absolute atomic E-state index is 0.175. The van der Waals surface area contributed by atoms with Gasteiger partial charge in [0.05, 0.1) is 32.1 Å². The average Bonchev–Trinajstić information content (AvgIpc) is 2.95. The second-order valence-corrected chi connectivity index (χ2v) is 9.36. The molecule has 1 aromatic heterocycles. The van der Waals surface area contributed by atoms with Crippen molar-refractivity contribution in [1.29, 1.82) is 0 Å². The molecule has 1 aromatic carbocycles. The summed E-state index contributed by atoms with van der Waals surface area (Å²) in [7, 11) is 0. The fourth-order valence-corrected chi connectivity index (χ4v) is 4.91. The molecule has 2 saturated heterocycles. The van der Waals surface area contributed by atoms with Crippen molar-refractivity contribution in [3.05, 3.63) is 77.3 Å². The van der Waals surface area contributed by atoms with E-state index in [1.807, 2.05) is 12.1 Å². The van der Waals surface area contributed by atoms with E-state index in [-0.39, 0.29) is 11.1 Å². The van der Waals surface area contributed by atoms with Gasteiger partial charge in [-0.15, -0.1) is 0 Å². The summed E-state index contributed by atoms with van der Waals surface area (Å²) >= 11 is 0. The molecule has 0 spiro atoms. The van der Waals surface area contributed by atoms with Crippen LogP contribution in [0, 0.1) is 0 Å². The number of amides is 1. The maximum atomic E-state index is 13.1. The molecule has 1 amide bonds. The number of nitrogens with zero attached hydrogens (tertiary/aromatic N) is 3. The number of carbonyl (C=O) groups is 1. The number of nitrogens with one attached hydrogen (secondary N) is 2. The summed E-state index contributed by atoms with van der Waals surface area (Å²) in [5.74, 6) is 0.417.